The van der Waals surface area contributed by atoms with Crippen LogP contribution in [-0.4, -0.2) is 18.5 Å². The Morgan fingerprint density at radius 1 is 1.04 bits per heavy atom. The molecule has 2 aromatic rings. The van der Waals surface area contributed by atoms with Gasteiger partial charge in [-0.05, 0) is 53.8 Å². The highest BCUT2D eigenvalue weighted by atomic mass is 16.6. The Hall–Kier alpha value is -2.88. The lowest BCUT2D eigenvalue weighted by atomic mass is 9.87. The van der Waals surface area contributed by atoms with Gasteiger partial charge in [-0.15, -0.1) is 0 Å². The molecule has 0 unspecified atom stereocenters. The van der Waals surface area contributed by atoms with Crippen LogP contribution < -0.4 is 4.74 Å². The SMILES string of the molecule is CCOc1ccc(/C=C2\N=C(c3ccc(C(C)(C)C)cc3)OC2=O)cc1. The monoisotopic (exact) mass is 349 g/mol. The summed E-state index contributed by atoms with van der Waals surface area (Å²) >= 11 is 0. The van der Waals surface area contributed by atoms with Crippen molar-refractivity contribution >= 4 is 17.9 Å². The first-order valence-corrected chi connectivity index (χ1v) is 8.73. The zero-order valence-electron chi connectivity index (χ0n) is 15.6. The average Bonchev–Trinajstić information content (AvgIpc) is 2.97. The third-order valence-corrected chi connectivity index (χ3v) is 4.11. The van der Waals surface area contributed by atoms with Gasteiger partial charge in [0.25, 0.3) is 0 Å². The van der Waals surface area contributed by atoms with Gasteiger partial charge in [0.15, 0.2) is 5.70 Å². The average molecular weight is 349 g/mol. The van der Waals surface area contributed by atoms with Gasteiger partial charge in [0.1, 0.15) is 5.75 Å². The molecule has 4 nitrogen and oxygen atoms in total. The summed E-state index contributed by atoms with van der Waals surface area (Å²) in [6, 6.07) is 15.5. The third-order valence-electron chi connectivity index (χ3n) is 4.11. The molecule has 3 rings (SSSR count). The van der Waals surface area contributed by atoms with Crippen LogP contribution in [0.5, 0.6) is 5.75 Å². The molecule has 0 aromatic heterocycles. The maximum Gasteiger partial charge on any atom is 0.363 e. The molecule has 134 valence electrons. The van der Waals surface area contributed by atoms with Crippen LogP contribution >= 0.6 is 0 Å². The van der Waals surface area contributed by atoms with E-state index >= 15 is 0 Å². The maximum atomic E-state index is 12.1. The number of carbonyl (C=O) groups excluding carboxylic acids is 1. The second-order valence-electron chi connectivity index (χ2n) is 7.17. The molecular formula is C22H23NO3. The molecule has 2 aromatic carbocycles. The van der Waals surface area contributed by atoms with E-state index in [1.807, 2.05) is 55.5 Å². The van der Waals surface area contributed by atoms with Gasteiger partial charge < -0.3 is 9.47 Å². The second kappa shape index (κ2) is 7.16. The van der Waals surface area contributed by atoms with Crippen LogP contribution in [0.1, 0.15) is 44.4 Å². The van der Waals surface area contributed by atoms with Crippen LogP contribution in [0, 0.1) is 0 Å². The predicted molar refractivity (Wildman–Crippen MR) is 103 cm³/mol. The largest absolute Gasteiger partial charge is 0.494 e. The van der Waals surface area contributed by atoms with Crippen molar-refractivity contribution in [1.29, 1.82) is 0 Å². The van der Waals surface area contributed by atoms with Gasteiger partial charge in [-0.3, -0.25) is 0 Å². The summed E-state index contributed by atoms with van der Waals surface area (Å²) in [5, 5.41) is 0. The van der Waals surface area contributed by atoms with Gasteiger partial charge in [-0.25, -0.2) is 9.79 Å². The van der Waals surface area contributed by atoms with Crippen molar-refractivity contribution in [2.24, 2.45) is 4.99 Å². The van der Waals surface area contributed by atoms with E-state index in [0.717, 1.165) is 16.9 Å². The minimum absolute atomic E-state index is 0.0748. The number of ether oxygens (including phenoxy) is 2. The highest BCUT2D eigenvalue weighted by Crippen LogP contribution is 2.24. The molecule has 0 saturated carbocycles. The Labute approximate surface area is 154 Å². The molecule has 1 heterocycles. The third kappa shape index (κ3) is 4.02. The molecule has 0 fully saturated rings. The van der Waals surface area contributed by atoms with E-state index in [1.165, 1.54) is 5.56 Å². The van der Waals surface area contributed by atoms with Gasteiger partial charge in [0, 0.05) is 5.56 Å². The molecule has 1 aliphatic heterocycles. The summed E-state index contributed by atoms with van der Waals surface area (Å²) in [5.41, 5.74) is 3.25. The summed E-state index contributed by atoms with van der Waals surface area (Å²) < 4.78 is 10.8. The van der Waals surface area contributed by atoms with Crippen molar-refractivity contribution in [3.63, 3.8) is 0 Å². The number of aliphatic imine (C=N–C) groups is 1. The molecule has 0 bridgehead atoms. The van der Waals surface area contributed by atoms with Crippen LogP contribution in [0.4, 0.5) is 0 Å². The molecule has 0 aliphatic carbocycles. The number of cyclic esters (lactones) is 1. The van der Waals surface area contributed by atoms with Gasteiger partial charge >= 0.3 is 5.97 Å². The smallest absolute Gasteiger partial charge is 0.363 e. The van der Waals surface area contributed by atoms with Crippen molar-refractivity contribution in [2.75, 3.05) is 6.61 Å². The summed E-state index contributed by atoms with van der Waals surface area (Å²) in [7, 11) is 0. The fourth-order valence-corrected chi connectivity index (χ4v) is 2.63. The summed E-state index contributed by atoms with van der Waals surface area (Å²) in [6.07, 6.45) is 1.72. The Morgan fingerprint density at radius 2 is 1.69 bits per heavy atom. The lowest BCUT2D eigenvalue weighted by Gasteiger charge is -2.18. The number of hydrogen-bond donors (Lipinski definition) is 0. The normalized spacial score (nSPS) is 15.8. The number of hydrogen-bond acceptors (Lipinski definition) is 4. The van der Waals surface area contributed by atoms with Crippen molar-refractivity contribution in [3.05, 3.63) is 70.9 Å². The molecule has 0 saturated heterocycles. The van der Waals surface area contributed by atoms with Crippen LogP contribution in [0.15, 0.2) is 59.2 Å². The second-order valence-corrected chi connectivity index (χ2v) is 7.17. The Morgan fingerprint density at radius 3 is 2.27 bits per heavy atom. The Bertz CT molecular complexity index is 854. The van der Waals surface area contributed by atoms with Crippen molar-refractivity contribution < 1.29 is 14.3 Å². The van der Waals surface area contributed by atoms with E-state index < -0.39 is 5.97 Å². The minimum atomic E-state index is -0.436. The predicted octanol–water partition coefficient (Wildman–Crippen LogP) is 4.73. The van der Waals surface area contributed by atoms with Crippen molar-refractivity contribution in [2.45, 2.75) is 33.1 Å². The lowest BCUT2D eigenvalue weighted by molar-refractivity contribution is -0.129. The fraction of sp³-hybridized carbons (Fsp3) is 0.273. The zero-order valence-corrected chi connectivity index (χ0v) is 15.6. The van der Waals surface area contributed by atoms with Gasteiger partial charge in [0.05, 0.1) is 6.61 Å². The van der Waals surface area contributed by atoms with Crippen LogP contribution in [0.3, 0.4) is 0 Å². The number of nitrogens with zero attached hydrogens (tertiary/aromatic N) is 1. The van der Waals surface area contributed by atoms with Crippen LogP contribution in [-0.2, 0) is 14.9 Å². The fourth-order valence-electron chi connectivity index (χ4n) is 2.63. The molecule has 4 heteroatoms. The molecule has 0 N–H and O–H groups in total. The standard InChI is InChI=1S/C22H23NO3/c1-5-25-18-12-6-15(7-13-18)14-19-21(24)26-20(23-19)16-8-10-17(11-9-16)22(2,3)4/h6-14H,5H2,1-4H3/b19-14-. The first kappa shape index (κ1) is 17.9. The van der Waals surface area contributed by atoms with Gasteiger partial charge in [-0.2, -0.15) is 0 Å². The highest BCUT2D eigenvalue weighted by Gasteiger charge is 2.24. The quantitative estimate of drug-likeness (QED) is 0.592. The molecular weight excluding hydrogens is 326 g/mol. The Kier molecular flexibility index (Phi) is 4.94. The lowest BCUT2D eigenvalue weighted by Crippen LogP contribution is -2.11. The summed E-state index contributed by atoms with van der Waals surface area (Å²) in [4.78, 5) is 16.5. The molecule has 0 spiro atoms. The number of benzene rings is 2. The van der Waals surface area contributed by atoms with Crippen LogP contribution in [0.25, 0.3) is 6.08 Å². The molecule has 0 atom stereocenters. The zero-order chi connectivity index (χ0) is 18.7. The Balaban J connectivity index is 1.82. The minimum Gasteiger partial charge on any atom is -0.494 e. The highest BCUT2D eigenvalue weighted by molar-refractivity contribution is 6.12. The van der Waals surface area contributed by atoms with E-state index in [1.54, 1.807) is 6.08 Å². The summed E-state index contributed by atoms with van der Waals surface area (Å²) in [5.74, 6) is 0.702. The van der Waals surface area contributed by atoms with Crippen LogP contribution in [0.2, 0.25) is 0 Å². The number of rotatable bonds is 4. The molecule has 0 amide bonds. The van der Waals surface area contributed by atoms with Crippen molar-refractivity contribution in [1.82, 2.24) is 0 Å². The van der Waals surface area contributed by atoms with Gasteiger partial charge in [0.2, 0.25) is 5.90 Å². The van der Waals surface area contributed by atoms with E-state index in [0.29, 0.717) is 18.2 Å². The van der Waals surface area contributed by atoms with E-state index in [2.05, 4.69) is 25.8 Å². The van der Waals surface area contributed by atoms with Crippen molar-refractivity contribution in [3.8, 4) is 5.75 Å². The molecule has 1 aliphatic rings. The number of esters is 1. The number of carbonyl (C=O) groups is 1. The first-order valence-electron chi connectivity index (χ1n) is 8.73. The van der Waals surface area contributed by atoms with Gasteiger partial charge in [-0.1, -0.05) is 45.0 Å². The van der Waals surface area contributed by atoms with E-state index in [4.69, 9.17) is 9.47 Å². The van der Waals surface area contributed by atoms with E-state index in [-0.39, 0.29) is 5.41 Å². The first-order chi connectivity index (χ1) is 12.4. The summed E-state index contributed by atoms with van der Waals surface area (Å²) in [6.45, 7) is 9.04. The molecule has 0 radical (unpaired) electrons. The topological polar surface area (TPSA) is 47.9 Å². The maximum absolute atomic E-state index is 12.1. The van der Waals surface area contributed by atoms with E-state index in [9.17, 15) is 4.79 Å². The molecule has 26 heavy (non-hydrogen) atoms.